The Morgan fingerprint density at radius 1 is 1.23 bits per heavy atom. The second-order valence-electron chi connectivity index (χ2n) is 8.44. The van der Waals surface area contributed by atoms with Crippen molar-refractivity contribution in [1.29, 1.82) is 0 Å². The van der Waals surface area contributed by atoms with Crippen molar-refractivity contribution in [3.63, 3.8) is 0 Å². The quantitative estimate of drug-likeness (QED) is 0.691. The Morgan fingerprint density at radius 2 is 1.93 bits per heavy atom. The third-order valence-electron chi connectivity index (χ3n) is 5.80. The SMILES string of the molecule is CC1(C)OB(c2c(F)cccc2N2C[C@H](Cn3cc(CF)nn3)OC2=O)OC1(C)C. The van der Waals surface area contributed by atoms with Crippen LogP contribution in [-0.4, -0.2) is 52.1 Å². The topological polar surface area (TPSA) is 78.7 Å². The fourth-order valence-corrected chi connectivity index (χ4v) is 3.47. The molecule has 0 unspecified atom stereocenters. The van der Waals surface area contributed by atoms with Crippen LogP contribution in [0.5, 0.6) is 0 Å². The summed E-state index contributed by atoms with van der Waals surface area (Å²) in [6.07, 6.45) is 0.282. The summed E-state index contributed by atoms with van der Waals surface area (Å²) < 4.78 is 46.4. The summed E-state index contributed by atoms with van der Waals surface area (Å²) in [7, 11) is -0.972. The van der Waals surface area contributed by atoms with Crippen LogP contribution in [0.15, 0.2) is 24.4 Å². The Hall–Kier alpha value is -2.53. The highest BCUT2D eigenvalue weighted by molar-refractivity contribution is 6.64. The predicted molar refractivity (Wildman–Crippen MR) is 105 cm³/mol. The Morgan fingerprint density at radius 3 is 2.57 bits per heavy atom. The normalized spacial score (nSPS) is 22.6. The second kappa shape index (κ2) is 7.31. The van der Waals surface area contributed by atoms with Gasteiger partial charge in [0.1, 0.15) is 24.3 Å². The molecule has 4 rings (SSSR count). The molecule has 8 nitrogen and oxygen atoms in total. The largest absolute Gasteiger partial charge is 0.500 e. The molecular formula is C19H23BF2N4O4. The lowest BCUT2D eigenvalue weighted by Gasteiger charge is -2.32. The number of amides is 1. The predicted octanol–water partition coefficient (Wildman–Crippen LogP) is 2.21. The van der Waals surface area contributed by atoms with Gasteiger partial charge in [0.2, 0.25) is 0 Å². The van der Waals surface area contributed by atoms with Gasteiger partial charge < -0.3 is 14.0 Å². The third-order valence-corrected chi connectivity index (χ3v) is 5.80. The summed E-state index contributed by atoms with van der Waals surface area (Å²) >= 11 is 0. The molecule has 0 saturated carbocycles. The van der Waals surface area contributed by atoms with Crippen molar-refractivity contribution >= 4 is 24.4 Å². The van der Waals surface area contributed by atoms with E-state index in [-0.39, 0.29) is 24.2 Å². The van der Waals surface area contributed by atoms with Crippen LogP contribution in [0.25, 0.3) is 0 Å². The molecule has 2 aliphatic heterocycles. The van der Waals surface area contributed by atoms with Crippen LogP contribution >= 0.6 is 0 Å². The van der Waals surface area contributed by atoms with Gasteiger partial charge in [0.15, 0.2) is 0 Å². The monoisotopic (exact) mass is 420 g/mol. The van der Waals surface area contributed by atoms with E-state index in [4.69, 9.17) is 14.0 Å². The van der Waals surface area contributed by atoms with Crippen molar-refractivity contribution in [2.75, 3.05) is 11.4 Å². The molecular weight excluding hydrogens is 397 g/mol. The number of carbonyl (C=O) groups is 1. The molecule has 2 aliphatic rings. The first-order valence-electron chi connectivity index (χ1n) is 9.68. The number of benzene rings is 1. The second-order valence-corrected chi connectivity index (χ2v) is 8.44. The smallest absolute Gasteiger partial charge is 0.442 e. The van der Waals surface area contributed by atoms with Gasteiger partial charge in [0.05, 0.1) is 30.5 Å². The van der Waals surface area contributed by atoms with Crippen molar-refractivity contribution in [2.45, 2.75) is 58.2 Å². The van der Waals surface area contributed by atoms with Gasteiger partial charge in [-0.25, -0.2) is 18.3 Å². The highest BCUT2D eigenvalue weighted by Crippen LogP contribution is 2.37. The van der Waals surface area contributed by atoms with Gasteiger partial charge in [-0.3, -0.25) is 4.90 Å². The van der Waals surface area contributed by atoms with E-state index in [0.29, 0.717) is 5.69 Å². The van der Waals surface area contributed by atoms with Gasteiger partial charge >= 0.3 is 13.2 Å². The van der Waals surface area contributed by atoms with Crippen LogP contribution in [0.4, 0.5) is 19.3 Å². The van der Waals surface area contributed by atoms with Crippen LogP contribution in [0.2, 0.25) is 0 Å². The van der Waals surface area contributed by atoms with Crippen molar-refractivity contribution in [3.05, 3.63) is 35.9 Å². The minimum absolute atomic E-state index is 0.147. The average molecular weight is 420 g/mol. The number of cyclic esters (lactones) is 1. The molecule has 1 atom stereocenters. The Kier molecular flexibility index (Phi) is 5.05. The number of anilines is 1. The lowest BCUT2D eigenvalue weighted by molar-refractivity contribution is 0.00578. The molecule has 30 heavy (non-hydrogen) atoms. The molecule has 0 spiro atoms. The molecule has 2 saturated heterocycles. The number of carbonyl (C=O) groups excluding carboxylic acids is 1. The maximum atomic E-state index is 14.9. The van der Waals surface area contributed by atoms with Crippen LogP contribution in [0.3, 0.4) is 0 Å². The lowest BCUT2D eigenvalue weighted by Crippen LogP contribution is -2.42. The Bertz CT molecular complexity index is 952. The summed E-state index contributed by atoms with van der Waals surface area (Å²) in [6, 6.07) is 4.45. The standard InChI is InChI=1S/C19H23BF2N4O4/c1-18(2)19(3,4)30-20(29-18)16-14(22)6-5-7-15(16)26-11-13(28-17(26)27)10-25-9-12(8-21)23-24-25/h5-7,9,13H,8,10-11H2,1-4H3/t13-/m0/s1. The molecule has 2 fully saturated rings. The Labute approximate surface area is 173 Å². The lowest BCUT2D eigenvalue weighted by atomic mass is 9.77. The summed E-state index contributed by atoms with van der Waals surface area (Å²) in [5.74, 6) is -0.536. The molecule has 160 valence electrons. The number of ether oxygens (including phenoxy) is 1. The minimum Gasteiger partial charge on any atom is -0.442 e. The maximum Gasteiger partial charge on any atom is 0.500 e. The summed E-state index contributed by atoms with van der Waals surface area (Å²) in [5, 5.41) is 7.50. The molecule has 3 heterocycles. The van der Waals surface area contributed by atoms with Crippen LogP contribution in [0, 0.1) is 5.82 Å². The summed E-state index contributed by atoms with van der Waals surface area (Å²) in [5.41, 5.74) is -0.651. The fourth-order valence-electron chi connectivity index (χ4n) is 3.47. The average Bonchev–Trinajstić information content (AvgIpc) is 3.31. The van der Waals surface area contributed by atoms with E-state index in [1.165, 1.54) is 27.9 Å². The van der Waals surface area contributed by atoms with E-state index in [0.717, 1.165) is 0 Å². The number of hydrogen-bond donors (Lipinski definition) is 0. The first kappa shape index (κ1) is 20.7. The molecule has 1 aromatic heterocycles. The minimum atomic E-state index is -0.972. The van der Waals surface area contributed by atoms with E-state index < -0.39 is 43.0 Å². The first-order chi connectivity index (χ1) is 14.1. The van der Waals surface area contributed by atoms with Gasteiger partial charge in [0.25, 0.3) is 0 Å². The van der Waals surface area contributed by atoms with Gasteiger partial charge in [-0.05, 0) is 39.8 Å². The number of nitrogens with zero attached hydrogens (tertiary/aromatic N) is 4. The van der Waals surface area contributed by atoms with E-state index >= 15 is 0 Å². The molecule has 1 aromatic carbocycles. The number of alkyl halides is 1. The van der Waals surface area contributed by atoms with E-state index in [2.05, 4.69) is 10.3 Å². The van der Waals surface area contributed by atoms with Gasteiger partial charge in [-0.1, -0.05) is 11.3 Å². The zero-order valence-electron chi connectivity index (χ0n) is 17.3. The molecule has 0 aliphatic carbocycles. The molecule has 0 bridgehead atoms. The fraction of sp³-hybridized carbons (Fsp3) is 0.526. The molecule has 2 aromatic rings. The number of halogens is 2. The molecule has 0 N–H and O–H groups in total. The van der Waals surface area contributed by atoms with E-state index in [1.807, 2.05) is 27.7 Å². The molecule has 1 amide bonds. The zero-order valence-corrected chi connectivity index (χ0v) is 17.3. The van der Waals surface area contributed by atoms with E-state index in [9.17, 15) is 13.6 Å². The Balaban J connectivity index is 1.59. The first-order valence-corrected chi connectivity index (χ1v) is 9.68. The molecule has 0 radical (unpaired) electrons. The van der Waals surface area contributed by atoms with Gasteiger partial charge in [-0.15, -0.1) is 5.10 Å². The molecule has 11 heteroatoms. The van der Waals surface area contributed by atoms with Crippen LogP contribution in [0.1, 0.15) is 33.4 Å². The third kappa shape index (κ3) is 3.56. The van der Waals surface area contributed by atoms with E-state index in [1.54, 1.807) is 6.07 Å². The van der Waals surface area contributed by atoms with Gasteiger partial charge in [0, 0.05) is 11.2 Å². The zero-order chi connectivity index (χ0) is 21.7. The van der Waals surface area contributed by atoms with Crippen molar-refractivity contribution in [2.24, 2.45) is 0 Å². The number of aromatic nitrogens is 3. The van der Waals surface area contributed by atoms with Crippen molar-refractivity contribution in [1.82, 2.24) is 15.0 Å². The number of rotatable bonds is 5. The summed E-state index contributed by atoms with van der Waals surface area (Å²) in [6.45, 7) is 7.14. The van der Waals surface area contributed by atoms with Crippen molar-refractivity contribution in [3.8, 4) is 0 Å². The van der Waals surface area contributed by atoms with Crippen LogP contribution in [-0.2, 0) is 27.3 Å². The van der Waals surface area contributed by atoms with Gasteiger partial charge in [-0.2, -0.15) is 0 Å². The highest BCUT2D eigenvalue weighted by atomic mass is 19.1. The van der Waals surface area contributed by atoms with Crippen molar-refractivity contribution < 1.29 is 27.6 Å². The number of hydrogen-bond acceptors (Lipinski definition) is 6. The van der Waals surface area contributed by atoms with Crippen LogP contribution < -0.4 is 10.4 Å². The highest BCUT2D eigenvalue weighted by Gasteiger charge is 2.53. The summed E-state index contributed by atoms with van der Waals surface area (Å²) in [4.78, 5) is 13.9. The maximum absolute atomic E-state index is 14.9.